The molecule has 0 aliphatic heterocycles. The van der Waals surface area contributed by atoms with Crippen LogP contribution in [0.4, 0.5) is 5.13 Å². The molecule has 4 aromatic rings. The Morgan fingerprint density at radius 2 is 1.76 bits per heavy atom. The molecule has 0 saturated carbocycles. The molecule has 2 aromatic carbocycles. The fraction of sp³-hybridized carbons (Fsp3) is 0.320. The van der Waals surface area contributed by atoms with E-state index in [0.29, 0.717) is 29.0 Å². The minimum Gasteiger partial charge on any atom is -0.451 e. The lowest BCUT2D eigenvalue weighted by molar-refractivity contribution is -0.121. The maximum absolute atomic E-state index is 13.0. The Bertz CT molecular complexity index is 1360. The number of likely N-dealkylation sites (N-methyl/N-ethyl adjacent to an activating group) is 1. The Morgan fingerprint density at radius 3 is 2.50 bits per heavy atom. The van der Waals surface area contributed by atoms with Gasteiger partial charge in [-0.3, -0.25) is 14.5 Å². The van der Waals surface area contributed by atoms with E-state index in [9.17, 15) is 14.4 Å². The lowest BCUT2D eigenvalue weighted by Crippen LogP contribution is -2.35. The van der Waals surface area contributed by atoms with Crippen molar-refractivity contribution in [1.82, 2.24) is 14.8 Å². The number of carbonyl (C=O) groups excluding carboxylic acids is 2. The van der Waals surface area contributed by atoms with Gasteiger partial charge >= 0.3 is 5.97 Å². The third-order valence-corrected chi connectivity index (χ3v) is 6.55. The van der Waals surface area contributed by atoms with Crippen LogP contribution >= 0.6 is 11.3 Å². The van der Waals surface area contributed by atoms with E-state index in [1.807, 2.05) is 31.2 Å². The minimum atomic E-state index is -0.742. The average molecular weight is 479 g/mol. The molecule has 0 unspecified atom stereocenters. The molecule has 9 heteroatoms. The summed E-state index contributed by atoms with van der Waals surface area (Å²) in [5.74, 6) is -1.12. The smallest absolute Gasteiger partial charge is 0.359 e. The number of carbonyl (C=O) groups is 2. The molecule has 0 bridgehead atoms. The van der Waals surface area contributed by atoms with Crippen LogP contribution in [-0.2, 0) is 16.1 Å². The Hall–Kier alpha value is -3.59. The molecule has 2 heterocycles. The highest BCUT2D eigenvalue weighted by Crippen LogP contribution is 2.28. The number of para-hydroxylation sites is 1. The van der Waals surface area contributed by atoms with Gasteiger partial charge in [0.15, 0.2) is 17.4 Å². The molecule has 0 saturated heterocycles. The molecule has 0 atom stereocenters. The van der Waals surface area contributed by atoms with Crippen LogP contribution in [0.1, 0.15) is 43.6 Å². The first-order valence-electron chi connectivity index (χ1n) is 11.4. The number of anilines is 1. The Kier molecular flexibility index (Phi) is 7.32. The lowest BCUT2D eigenvalue weighted by Gasteiger charge is -2.17. The number of benzene rings is 2. The van der Waals surface area contributed by atoms with E-state index in [1.54, 1.807) is 24.3 Å². The maximum atomic E-state index is 13.0. The van der Waals surface area contributed by atoms with Crippen LogP contribution in [0.5, 0.6) is 0 Å². The van der Waals surface area contributed by atoms with Crippen molar-refractivity contribution < 1.29 is 14.3 Å². The van der Waals surface area contributed by atoms with Gasteiger partial charge in [-0.15, -0.1) is 0 Å². The van der Waals surface area contributed by atoms with E-state index in [-0.39, 0.29) is 17.2 Å². The van der Waals surface area contributed by atoms with Crippen molar-refractivity contribution in [3.05, 3.63) is 64.6 Å². The molecule has 0 aliphatic carbocycles. The molecule has 2 aromatic heterocycles. The fourth-order valence-corrected chi connectivity index (χ4v) is 4.76. The first kappa shape index (κ1) is 23.6. The van der Waals surface area contributed by atoms with E-state index in [2.05, 4.69) is 17.0 Å². The van der Waals surface area contributed by atoms with Crippen molar-refractivity contribution in [1.29, 1.82) is 0 Å². The van der Waals surface area contributed by atoms with Gasteiger partial charge in [0, 0.05) is 18.5 Å². The number of fused-ring (bicyclic) bond motifs is 2. The van der Waals surface area contributed by atoms with E-state index in [4.69, 9.17) is 4.74 Å². The maximum Gasteiger partial charge on any atom is 0.359 e. The molecule has 8 nitrogen and oxygen atoms in total. The van der Waals surface area contributed by atoms with Crippen LogP contribution in [0.15, 0.2) is 53.3 Å². The number of ether oxygens (including phenoxy) is 1. The molecular weight excluding hydrogens is 452 g/mol. The number of rotatable bonds is 9. The van der Waals surface area contributed by atoms with E-state index < -0.39 is 12.6 Å². The molecule has 0 fully saturated rings. The second-order valence-corrected chi connectivity index (χ2v) is 8.82. The number of esters is 1. The van der Waals surface area contributed by atoms with Crippen LogP contribution in [0, 0.1) is 0 Å². The topological polar surface area (TPSA) is 94.4 Å². The highest BCUT2D eigenvalue weighted by atomic mass is 32.1. The Balaban J connectivity index is 1.54. The summed E-state index contributed by atoms with van der Waals surface area (Å²) in [5.41, 5.74) is 0.599. The van der Waals surface area contributed by atoms with Crippen LogP contribution < -0.4 is 10.5 Å². The number of aromatic nitrogens is 3. The molecule has 34 heavy (non-hydrogen) atoms. The number of unbranched alkanes of at least 4 members (excludes halogenated alkanes) is 2. The quantitative estimate of drug-likeness (QED) is 0.261. The van der Waals surface area contributed by atoms with Gasteiger partial charge in [-0.1, -0.05) is 61.4 Å². The highest BCUT2D eigenvalue weighted by molar-refractivity contribution is 7.22. The van der Waals surface area contributed by atoms with Gasteiger partial charge in [-0.25, -0.2) is 14.5 Å². The first-order valence-corrected chi connectivity index (χ1v) is 12.2. The van der Waals surface area contributed by atoms with Gasteiger partial charge in [0.2, 0.25) is 0 Å². The van der Waals surface area contributed by atoms with Gasteiger partial charge in [-0.2, -0.15) is 5.10 Å². The van der Waals surface area contributed by atoms with Crippen LogP contribution in [0.25, 0.3) is 21.0 Å². The zero-order valence-electron chi connectivity index (χ0n) is 19.2. The number of nitrogens with zero attached hydrogens (tertiary/aromatic N) is 4. The normalized spacial score (nSPS) is 11.1. The number of hydrogen-bond acceptors (Lipinski definition) is 7. The summed E-state index contributed by atoms with van der Waals surface area (Å²) >= 11 is 1.41. The number of aryl methyl sites for hydroxylation is 1. The minimum absolute atomic E-state index is 0.0301. The summed E-state index contributed by atoms with van der Waals surface area (Å²) in [6.07, 6.45) is 2.73. The highest BCUT2D eigenvalue weighted by Gasteiger charge is 2.22. The summed E-state index contributed by atoms with van der Waals surface area (Å²) in [4.78, 5) is 44.7. The molecule has 1 amide bonds. The van der Waals surface area contributed by atoms with Gasteiger partial charge in [0.25, 0.3) is 11.5 Å². The third kappa shape index (κ3) is 4.84. The average Bonchev–Trinajstić information content (AvgIpc) is 3.28. The summed E-state index contributed by atoms with van der Waals surface area (Å²) in [6, 6.07) is 14.5. The Labute approximate surface area is 200 Å². The standard InChI is InChI=1S/C25H26N4O4S/c1-3-5-10-15-29-23(31)18-12-7-6-11-17(18)22(27-29)24(32)33-16-21(30)28(4-2)25-26-19-13-8-9-14-20(19)34-25/h6-9,11-14H,3-5,10,15-16H2,1-2H3. The van der Waals surface area contributed by atoms with Gasteiger partial charge < -0.3 is 4.74 Å². The van der Waals surface area contributed by atoms with Gasteiger partial charge in [0.05, 0.1) is 15.6 Å². The van der Waals surface area contributed by atoms with Crippen molar-refractivity contribution in [2.75, 3.05) is 18.1 Å². The molecule has 176 valence electrons. The molecule has 0 N–H and O–H groups in total. The first-order chi connectivity index (χ1) is 16.5. The zero-order chi connectivity index (χ0) is 24.1. The largest absolute Gasteiger partial charge is 0.451 e. The lowest BCUT2D eigenvalue weighted by atomic mass is 10.1. The van der Waals surface area contributed by atoms with Crippen LogP contribution in [-0.4, -0.2) is 39.8 Å². The van der Waals surface area contributed by atoms with Crippen LogP contribution in [0.2, 0.25) is 0 Å². The number of hydrogen-bond donors (Lipinski definition) is 0. The van der Waals surface area contributed by atoms with E-state index in [0.717, 1.165) is 29.5 Å². The summed E-state index contributed by atoms with van der Waals surface area (Å²) < 4.78 is 7.65. The molecular formula is C25H26N4O4S. The molecule has 0 spiro atoms. The van der Waals surface area contributed by atoms with Crippen molar-refractivity contribution in [2.45, 2.75) is 39.7 Å². The molecule has 0 aliphatic rings. The van der Waals surface area contributed by atoms with Crippen molar-refractivity contribution in [3.8, 4) is 0 Å². The van der Waals surface area contributed by atoms with Gasteiger partial charge in [-0.05, 0) is 31.5 Å². The Morgan fingerprint density at radius 1 is 1.03 bits per heavy atom. The van der Waals surface area contributed by atoms with Crippen molar-refractivity contribution in [2.24, 2.45) is 0 Å². The fourth-order valence-electron chi connectivity index (χ4n) is 3.72. The zero-order valence-corrected chi connectivity index (χ0v) is 20.0. The molecule has 4 rings (SSSR count). The van der Waals surface area contributed by atoms with E-state index in [1.165, 1.54) is 20.9 Å². The van der Waals surface area contributed by atoms with E-state index >= 15 is 0 Å². The second kappa shape index (κ2) is 10.6. The molecule has 0 radical (unpaired) electrons. The van der Waals surface area contributed by atoms with Gasteiger partial charge in [0.1, 0.15) is 0 Å². The van der Waals surface area contributed by atoms with Crippen molar-refractivity contribution in [3.63, 3.8) is 0 Å². The second-order valence-electron chi connectivity index (χ2n) is 7.81. The summed E-state index contributed by atoms with van der Waals surface area (Å²) in [6.45, 7) is 4.27. The number of thiazole rings is 1. The predicted octanol–water partition coefficient (Wildman–Crippen LogP) is 4.41. The summed E-state index contributed by atoms with van der Waals surface area (Å²) in [5, 5.41) is 5.66. The monoisotopic (exact) mass is 478 g/mol. The summed E-state index contributed by atoms with van der Waals surface area (Å²) in [7, 11) is 0. The predicted molar refractivity (Wildman–Crippen MR) is 133 cm³/mol. The van der Waals surface area contributed by atoms with Crippen molar-refractivity contribution >= 4 is 49.3 Å². The SMILES string of the molecule is CCCCCn1nc(C(=O)OCC(=O)N(CC)c2nc3ccccc3s2)c2ccccc2c1=O. The number of amides is 1. The third-order valence-electron chi connectivity index (χ3n) is 5.49. The van der Waals surface area contributed by atoms with Crippen LogP contribution in [0.3, 0.4) is 0 Å².